The zero-order chi connectivity index (χ0) is 17.7. The normalized spacial score (nSPS) is 19.8. The van der Waals surface area contributed by atoms with Crippen molar-refractivity contribution in [2.75, 3.05) is 26.2 Å². The van der Waals surface area contributed by atoms with Crippen molar-refractivity contribution in [2.45, 2.75) is 20.3 Å². The number of hydrogen-bond acceptors (Lipinski definition) is 3. The molecule has 7 heteroatoms. The quantitative estimate of drug-likeness (QED) is 0.706. The van der Waals surface area contributed by atoms with Crippen LogP contribution in [0.1, 0.15) is 29.3 Å². The van der Waals surface area contributed by atoms with Crippen molar-refractivity contribution in [3.05, 3.63) is 35.4 Å². The number of carbonyl (C=O) groups excluding carboxylic acids is 2. The second-order valence-electron chi connectivity index (χ2n) is 6.39. The lowest BCUT2D eigenvalue weighted by Gasteiger charge is -2.20. The highest BCUT2D eigenvalue weighted by molar-refractivity contribution is 5.94. The van der Waals surface area contributed by atoms with Crippen molar-refractivity contribution >= 4 is 17.9 Å². The van der Waals surface area contributed by atoms with Crippen molar-refractivity contribution in [1.82, 2.24) is 15.5 Å². The van der Waals surface area contributed by atoms with Crippen LogP contribution in [0.25, 0.3) is 0 Å². The molecule has 1 unspecified atom stereocenters. The van der Waals surface area contributed by atoms with E-state index in [0.717, 1.165) is 5.56 Å². The summed E-state index contributed by atoms with van der Waals surface area (Å²) in [6, 6.07) is 6.93. The fraction of sp³-hybridized carbons (Fsp3) is 0.471. The maximum Gasteiger partial charge on any atom is 0.317 e. The Bertz CT molecular complexity index is 629. The molecule has 0 aromatic heterocycles. The minimum Gasteiger partial charge on any atom is -0.481 e. The molecule has 1 atom stereocenters. The van der Waals surface area contributed by atoms with Crippen molar-refractivity contribution in [3.63, 3.8) is 0 Å². The predicted molar refractivity (Wildman–Crippen MR) is 88.8 cm³/mol. The third-order valence-corrected chi connectivity index (χ3v) is 4.28. The van der Waals surface area contributed by atoms with E-state index in [9.17, 15) is 14.4 Å². The molecule has 0 radical (unpaired) electrons. The zero-order valence-electron chi connectivity index (χ0n) is 14.0. The fourth-order valence-electron chi connectivity index (χ4n) is 2.57. The van der Waals surface area contributed by atoms with E-state index in [1.165, 1.54) is 4.90 Å². The van der Waals surface area contributed by atoms with E-state index in [4.69, 9.17) is 5.11 Å². The number of likely N-dealkylation sites (tertiary alicyclic amines) is 1. The molecule has 2 rings (SSSR count). The van der Waals surface area contributed by atoms with Crippen molar-refractivity contribution in [3.8, 4) is 0 Å². The van der Waals surface area contributed by atoms with Gasteiger partial charge in [0.1, 0.15) is 0 Å². The van der Waals surface area contributed by atoms with Gasteiger partial charge in [-0.2, -0.15) is 0 Å². The van der Waals surface area contributed by atoms with Gasteiger partial charge in [0, 0.05) is 31.7 Å². The van der Waals surface area contributed by atoms with Gasteiger partial charge < -0.3 is 20.6 Å². The molecule has 0 saturated carbocycles. The lowest BCUT2D eigenvalue weighted by molar-refractivity contribution is -0.147. The van der Waals surface area contributed by atoms with Crippen LogP contribution < -0.4 is 10.6 Å². The van der Waals surface area contributed by atoms with E-state index in [2.05, 4.69) is 10.6 Å². The molecule has 7 nitrogen and oxygen atoms in total. The molecule has 1 fully saturated rings. The summed E-state index contributed by atoms with van der Waals surface area (Å²) in [7, 11) is 0. The maximum absolute atomic E-state index is 12.0. The molecule has 1 aliphatic rings. The van der Waals surface area contributed by atoms with Gasteiger partial charge in [-0.15, -0.1) is 0 Å². The first-order chi connectivity index (χ1) is 11.3. The lowest BCUT2D eigenvalue weighted by atomic mass is 9.90. The van der Waals surface area contributed by atoms with Crippen molar-refractivity contribution in [1.29, 1.82) is 0 Å². The Morgan fingerprint density at radius 3 is 2.38 bits per heavy atom. The molecule has 24 heavy (non-hydrogen) atoms. The maximum atomic E-state index is 12.0. The Labute approximate surface area is 141 Å². The monoisotopic (exact) mass is 333 g/mol. The number of carboxylic acid groups (broad SMARTS) is 1. The molecule has 3 amide bonds. The van der Waals surface area contributed by atoms with Crippen molar-refractivity contribution < 1.29 is 19.5 Å². The zero-order valence-corrected chi connectivity index (χ0v) is 14.0. The first-order valence-corrected chi connectivity index (χ1v) is 7.93. The average molecular weight is 333 g/mol. The number of carbonyl (C=O) groups is 3. The summed E-state index contributed by atoms with van der Waals surface area (Å²) in [6.45, 7) is 4.81. The number of nitrogens with zero attached hydrogens (tertiary/aromatic N) is 1. The number of amides is 3. The van der Waals surface area contributed by atoms with E-state index in [-0.39, 0.29) is 25.0 Å². The smallest absolute Gasteiger partial charge is 0.317 e. The number of aliphatic carboxylic acids is 1. The van der Waals surface area contributed by atoms with Crippen molar-refractivity contribution in [2.24, 2.45) is 5.41 Å². The molecule has 1 aromatic carbocycles. The average Bonchev–Trinajstić information content (AvgIpc) is 2.96. The van der Waals surface area contributed by atoms with Crippen LogP contribution >= 0.6 is 0 Å². The molecule has 0 aliphatic carbocycles. The highest BCUT2D eigenvalue weighted by atomic mass is 16.4. The molecule has 1 heterocycles. The van der Waals surface area contributed by atoms with Crippen LogP contribution in [0.15, 0.2) is 24.3 Å². The van der Waals surface area contributed by atoms with Gasteiger partial charge in [0.25, 0.3) is 5.91 Å². The van der Waals surface area contributed by atoms with Crippen LogP contribution in [-0.4, -0.2) is 54.1 Å². The Hall–Kier alpha value is -2.57. The molecule has 1 aliphatic heterocycles. The van der Waals surface area contributed by atoms with E-state index in [1.54, 1.807) is 19.1 Å². The Balaban J connectivity index is 1.71. The number of urea groups is 1. The molecular formula is C17H23N3O4. The van der Waals surface area contributed by atoms with Gasteiger partial charge in [0.15, 0.2) is 0 Å². The highest BCUT2D eigenvalue weighted by Gasteiger charge is 2.42. The summed E-state index contributed by atoms with van der Waals surface area (Å²) in [5.41, 5.74) is 0.776. The van der Waals surface area contributed by atoms with E-state index in [0.29, 0.717) is 25.1 Å². The minimum atomic E-state index is -0.886. The largest absolute Gasteiger partial charge is 0.481 e. The Morgan fingerprint density at radius 1 is 1.17 bits per heavy atom. The fourth-order valence-corrected chi connectivity index (χ4v) is 2.57. The molecular weight excluding hydrogens is 310 g/mol. The molecule has 130 valence electrons. The van der Waals surface area contributed by atoms with Gasteiger partial charge >= 0.3 is 12.0 Å². The standard InChI is InChI=1S/C17H23N3O4/c1-12-3-5-13(6-4-12)14(21)18-8-9-19-16(24)20-10-7-17(2,11-20)15(22)23/h3-6H,7-11H2,1-2H3,(H,18,21)(H,19,24)(H,22,23). The highest BCUT2D eigenvalue weighted by Crippen LogP contribution is 2.29. The lowest BCUT2D eigenvalue weighted by Crippen LogP contribution is -2.43. The van der Waals surface area contributed by atoms with Crippen LogP contribution in [0.4, 0.5) is 4.79 Å². The minimum absolute atomic E-state index is 0.191. The molecule has 3 N–H and O–H groups in total. The van der Waals surface area contributed by atoms with Crippen LogP contribution in [-0.2, 0) is 4.79 Å². The van der Waals surface area contributed by atoms with Gasteiger partial charge in [-0.05, 0) is 32.4 Å². The number of nitrogens with one attached hydrogen (secondary N) is 2. The Morgan fingerprint density at radius 2 is 1.79 bits per heavy atom. The van der Waals surface area contributed by atoms with Gasteiger partial charge in [0.2, 0.25) is 0 Å². The second kappa shape index (κ2) is 7.33. The summed E-state index contributed by atoms with van der Waals surface area (Å²) in [4.78, 5) is 36.6. The number of carboxylic acids is 1. The van der Waals surface area contributed by atoms with Gasteiger partial charge in [0.05, 0.1) is 5.41 Å². The summed E-state index contributed by atoms with van der Waals surface area (Å²) in [5, 5.41) is 14.6. The number of hydrogen-bond donors (Lipinski definition) is 3. The number of aryl methyl sites for hydroxylation is 1. The SMILES string of the molecule is Cc1ccc(C(=O)NCCNC(=O)N2CCC(C)(C(=O)O)C2)cc1. The third-order valence-electron chi connectivity index (χ3n) is 4.28. The number of benzene rings is 1. The summed E-state index contributed by atoms with van der Waals surface area (Å²) >= 11 is 0. The molecule has 0 spiro atoms. The van der Waals surface area contributed by atoms with Gasteiger partial charge in [-0.25, -0.2) is 4.79 Å². The third kappa shape index (κ3) is 4.24. The van der Waals surface area contributed by atoms with Crippen LogP contribution in [0.5, 0.6) is 0 Å². The first kappa shape index (κ1) is 17.8. The van der Waals surface area contributed by atoms with Crippen LogP contribution in [0.2, 0.25) is 0 Å². The predicted octanol–water partition coefficient (Wildman–Crippen LogP) is 1.23. The van der Waals surface area contributed by atoms with Crippen LogP contribution in [0, 0.1) is 12.3 Å². The molecule has 0 bridgehead atoms. The van der Waals surface area contributed by atoms with Crippen LogP contribution in [0.3, 0.4) is 0 Å². The summed E-state index contributed by atoms with van der Waals surface area (Å²) < 4.78 is 0. The van der Waals surface area contributed by atoms with E-state index in [1.807, 2.05) is 19.1 Å². The number of rotatable bonds is 5. The van der Waals surface area contributed by atoms with E-state index >= 15 is 0 Å². The summed E-state index contributed by atoms with van der Waals surface area (Å²) in [5.74, 6) is -1.08. The van der Waals surface area contributed by atoms with E-state index < -0.39 is 11.4 Å². The Kier molecular flexibility index (Phi) is 5.43. The topological polar surface area (TPSA) is 98.7 Å². The molecule has 1 aromatic rings. The van der Waals surface area contributed by atoms with Gasteiger partial charge in [-0.1, -0.05) is 17.7 Å². The molecule has 1 saturated heterocycles. The summed E-state index contributed by atoms with van der Waals surface area (Å²) in [6.07, 6.45) is 0.444. The first-order valence-electron chi connectivity index (χ1n) is 7.93. The second-order valence-corrected chi connectivity index (χ2v) is 6.39. The van der Waals surface area contributed by atoms with Gasteiger partial charge in [-0.3, -0.25) is 9.59 Å².